The van der Waals surface area contributed by atoms with Crippen LogP contribution >= 0.6 is 11.6 Å². The van der Waals surface area contributed by atoms with Crippen molar-refractivity contribution in [1.82, 2.24) is 14.7 Å². The summed E-state index contributed by atoms with van der Waals surface area (Å²) in [6.07, 6.45) is 7.63. The Morgan fingerprint density at radius 3 is 2.68 bits per heavy atom. The van der Waals surface area contributed by atoms with Crippen molar-refractivity contribution in [2.75, 3.05) is 0 Å². The van der Waals surface area contributed by atoms with Gasteiger partial charge in [0.25, 0.3) is 5.91 Å². The van der Waals surface area contributed by atoms with Crippen LogP contribution in [0.1, 0.15) is 58.3 Å². The number of aliphatic hydroxyl groups is 1. The van der Waals surface area contributed by atoms with Crippen molar-refractivity contribution in [2.45, 2.75) is 57.7 Å². The predicted octanol–water partition coefficient (Wildman–Crippen LogP) is 4.68. The monoisotopic (exact) mass is 435 g/mol. The number of nitrogens with zero attached hydrogens (tertiary/aromatic N) is 3. The molecule has 1 N–H and O–H groups in total. The Labute approximate surface area is 187 Å². The molecule has 160 valence electrons. The van der Waals surface area contributed by atoms with E-state index in [2.05, 4.69) is 17.2 Å². The quantitative estimate of drug-likeness (QED) is 0.647. The van der Waals surface area contributed by atoms with Crippen LogP contribution in [0.25, 0.3) is 5.69 Å². The second-order valence-electron chi connectivity index (χ2n) is 8.65. The average Bonchev–Trinajstić information content (AvgIpc) is 3.42. The van der Waals surface area contributed by atoms with Gasteiger partial charge in [-0.3, -0.25) is 4.79 Å². The van der Waals surface area contributed by atoms with E-state index in [0.29, 0.717) is 23.6 Å². The summed E-state index contributed by atoms with van der Waals surface area (Å²) in [6.45, 7) is 2.52. The van der Waals surface area contributed by atoms with E-state index in [1.165, 1.54) is 0 Å². The van der Waals surface area contributed by atoms with Crippen molar-refractivity contribution in [2.24, 2.45) is 0 Å². The number of benzene rings is 2. The number of hydrogen-bond donors (Lipinski definition) is 1. The first kappa shape index (κ1) is 20.3. The minimum atomic E-state index is -0.445. The molecule has 1 fully saturated rings. The smallest absolute Gasteiger partial charge is 0.254 e. The molecule has 5 nitrogen and oxygen atoms in total. The molecule has 5 rings (SSSR count). The molecule has 1 aliphatic carbocycles. The largest absolute Gasteiger partial charge is 0.391 e. The maximum Gasteiger partial charge on any atom is 0.254 e. The van der Waals surface area contributed by atoms with Crippen LogP contribution in [-0.4, -0.2) is 37.8 Å². The topological polar surface area (TPSA) is 58.4 Å². The number of rotatable bonds is 4. The first-order valence-corrected chi connectivity index (χ1v) is 11.3. The zero-order chi connectivity index (χ0) is 21.5. The molecule has 0 unspecified atom stereocenters. The number of carbonyl (C=O) groups excluding carboxylic acids is 1. The maximum atomic E-state index is 13.2. The van der Waals surface area contributed by atoms with Crippen molar-refractivity contribution in [3.63, 3.8) is 0 Å². The fourth-order valence-electron chi connectivity index (χ4n) is 4.91. The molecular weight excluding hydrogens is 410 g/mol. The number of fused-ring (bicyclic) bond motifs is 1. The van der Waals surface area contributed by atoms with Crippen LogP contribution < -0.4 is 0 Å². The minimum absolute atomic E-state index is 0.00173. The normalized spacial score (nSPS) is 20.9. The lowest BCUT2D eigenvalue weighted by molar-refractivity contribution is 0.0191. The van der Waals surface area contributed by atoms with Crippen molar-refractivity contribution in [3.05, 3.63) is 81.6 Å². The lowest BCUT2D eigenvalue weighted by Crippen LogP contribution is -2.45. The molecule has 1 aromatic heterocycles. The van der Waals surface area contributed by atoms with E-state index in [1.807, 2.05) is 47.0 Å². The molecule has 2 heterocycles. The zero-order valence-electron chi connectivity index (χ0n) is 17.6. The van der Waals surface area contributed by atoms with E-state index in [1.54, 1.807) is 6.20 Å². The predicted molar refractivity (Wildman–Crippen MR) is 121 cm³/mol. The van der Waals surface area contributed by atoms with Gasteiger partial charge >= 0.3 is 0 Å². The molecular formula is C25H26ClN3O2. The number of halogens is 1. The summed E-state index contributed by atoms with van der Waals surface area (Å²) in [5, 5.41) is 15.4. The van der Waals surface area contributed by atoms with Gasteiger partial charge in [-0.05, 0) is 67.1 Å². The SMILES string of the molecule is Cc1c(Cc2ccc(-n3cccn3)cc2)cc2c(c1Cl)CN([C@H]1CCCC[C@@H]1O)C2=O. The van der Waals surface area contributed by atoms with Crippen molar-refractivity contribution in [3.8, 4) is 5.69 Å². The summed E-state index contributed by atoms with van der Waals surface area (Å²) in [7, 11) is 0. The maximum absolute atomic E-state index is 13.2. The standard InChI is InChI=1S/C25H26ClN3O2/c1-16-18(13-17-7-9-19(10-8-17)29-12-4-11-27-29)14-20-21(24(16)26)15-28(25(20)31)22-5-2-3-6-23(22)30/h4,7-12,14,22-23,30H,2-3,5-6,13,15H2,1H3/t22-,23-/m0/s1. The van der Waals surface area contributed by atoms with E-state index in [0.717, 1.165) is 53.6 Å². The van der Waals surface area contributed by atoms with Gasteiger partial charge < -0.3 is 10.0 Å². The lowest BCUT2D eigenvalue weighted by atomic mass is 9.91. The van der Waals surface area contributed by atoms with E-state index in [4.69, 9.17) is 11.6 Å². The van der Waals surface area contributed by atoms with Gasteiger partial charge in [0.2, 0.25) is 0 Å². The molecule has 1 amide bonds. The van der Waals surface area contributed by atoms with Crippen molar-refractivity contribution in [1.29, 1.82) is 0 Å². The Morgan fingerprint density at radius 1 is 1.19 bits per heavy atom. The zero-order valence-corrected chi connectivity index (χ0v) is 18.3. The molecule has 1 saturated carbocycles. The number of aliphatic hydroxyl groups excluding tert-OH is 1. The van der Waals surface area contributed by atoms with Crippen molar-refractivity contribution < 1.29 is 9.90 Å². The Balaban J connectivity index is 1.41. The van der Waals surface area contributed by atoms with Gasteiger partial charge in [0.05, 0.1) is 17.8 Å². The summed E-state index contributed by atoms with van der Waals surface area (Å²) in [6, 6.07) is 12.1. The summed E-state index contributed by atoms with van der Waals surface area (Å²) in [4.78, 5) is 15.1. The highest BCUT2D eigenvalue weighted by Gasteiger charge is 2.38. The van der Waals surface area contributed by atoms with E-state index in [-0.39, 0.29) is 11.9 Å². The molecule has 3 aromatic rings. The van der Waals surface area contributed by atoms with Gasteiger partial charge in [-0.25, -0.2) is 4.68 Å². The van der Waals surface area contributed by atoms with Crippen LogP contribution in [0.15, 0.2) is 48.8 Å². The third-order valence-electron chi connectivity index (χ3n) is 6.73. The molecule has 1 aliphatic heterocycles. The number of amides is 1. The highest BCUT2D eigenvalue weighted by atomic mass is 35.5. The van der Waals surface area contributed by atoms with E-state index in [9.17, 15) is 9.90 Å². The summed E-state index contributed by atoms with van der Waals surface area (Å²) >= 11 is 6.76. The highest BCUT2D eigenvalue weighted by molar-refractivity contribution is 6.33. The van der Waals surface area contributed by atoms with Crippen LogP contribution in [0.2, 0.25) is 5.02 Å². The fraction of sp³-hybridized carbons (Fsp3) is 0.360. The summed E-state index contributed by atoms with van der Waals surface area (Å²) in [5.74, 6) is -0.00173. The first-order valence-electron chi connectivity index (χ1n) is 10.9. The van der Waals surface area contributed by atoms with Gasteiger partial charge in [-0.15, -0.1) is 0 Å². The highest BCUT2D eigenvalue weighted by Crippen LogP contribution is 2.37. The van der Waals surface area contributed by atoms with Gasteiger partial charge in [0.1, 0.15) is 0 Å². The second kappa shape index (κ2) is 8.13. The molecule has 2 aromatic carbocycles. The van der Waals surface area contributed by atoms with Crippen molar-refractivity contribution >= 4 is 17.5 Å². The van der Waals surface area contributed by atoms with Gasteiger partial charge in [0.15, 0.2) is 0 Å². The molecule has 2 aliphatic rings. The Morgan fingerprint density at radius 2 is 1.97 bits per heavy atom. The van der Waals surface area contributed by atoms with Crippen LogP contribution in [0.3, 0.4) is 0 Å². The van der Waals surface area contributed by atoms with E-state index < -0.39 is 6.10 Å². The molecule has 6 heteroatoms. The third-order valence-corrected chi connectivity index (χ3v) is 7.24. The molecule has 2 atom stereocenters. The van der Waals surface area contributed by atoms with Crippen LogP contribution in [-0.2, 0) is 13.0 Å². The molecule has 0 bridgehead atoms. The van der Waals surface area contributed by atoms with Crippen LogP contribution in [0.4, 0.5) is 0 Å². The molecule has 0 radical (unpaired) electrons. The summed E-state index contributed by atoms with van der Waals surface area (Å²) in [5.41, 5.74) is 5.84. The Bertz CT molecular complexity index is 1110. The van der Waals surface area contributed by atoms with Crippen LogP contribution in [0.5, 0.6) is 0 Å². The molecule has 0 spiro atoms. The number of carbonyl (C=O) groups is 1. The second-order valence-corrected chi connectivity index (χ2v) is 9.02. The van der Waals surface area contributed by atoms with Crippen LogP contribution in [0, 0.1) is 6.92 Å². The average molecular weight is 436 g/mol. The summed E-state index contributed by atoms with van der Waals surface area (Å²) < 4.78 is 1.83. The Hall–Kier alpha value is -2.63. The molecule has 31 heavy (non-hydrogen) atoms. The minimum Gasteiger partial charge on any atom is -0.391 e. The first-order chi connectivity index (χ1) is 15.0. The fourth-order valence-corrected chi connectivity index (χ4v) is 5.20. The lowest BCUT2D eigenvalue weighted by Gasteiger charge is -2.35. The third kappa shape index (κ3) is 3.66. The molecule has 0 saturated heterocycles. The number of hydrogen-bond acceptors (Lipinski definition) is 3. The van der Waals surface area contributed by atoms with Gasteiger partial charge in [0, 0.05) is 35.1 Å². The van der Waals surface area contributed by atoms with E-state index >= 15 is 0 Å². The van der Waals surface area contributed by atoms with Gasteiger partial charge in [-0.2, -0.15) is 5.10 Å². The number of aromatic nitrogens is 2. The Kier molecular flexibility index (Phi) is 5.32. The van der Waals surface area contributed by atoms with Gasteiger partial charge in [-0.1, -0.05) is 36.6 Å².